The fourth-order valence-electron chi connectivity index (χ4n) is 2.68. The highest BCUT2D eigenvalue weighted by atomic mass is 35.5. The first-order valence-electron chi connectivity index (χ1n) is 8.65. The van der Waals surface area contributed by atoms with E-state index in [0.717, 1.165) is 18.7 Å². The van der Waals surface area contributed by atoms with E-state index >= 15 is 0 Å². The van der Waals surface area contributed by atoms with E-state index in [9.17, 15) is 10.1 Å². The van der Waals surface area contributed by atoms with Crippen LogP contribution in [0.1, 0.15) is 19.4 Å². The second-order valence-electron chi connectivity index (χ2n) is 6.05. The van der Waals surface area contributed by atoms with Crippen LogP contribution in [0.25, 0.3) is 0 Å². The number of nitro benzene ring substituents is 1. The molecule has 0 radical (unpaired) electrons. The van der Waals surface area contributed by atoms with Gasteiger partial charge < -0.3 is 15.1 Å². The van der Waals surface area contributed by atoms with E-state index in [1.54, 1.807) is 0 Å². The second kappa shape index (κ2) is 9.53. The summed E-state index contributed by atoms with van der Waals surface area (Å²) in [7, 11) is 1.86. The Balaban J connectivity index is 2.04. The molecule has 2 rings (SSSR count). The zero-order valence-corrected chi connectivity index (χ0v) is 17.2. The molecule has 0 saturated carbocycles. The standard InChI is InChI=1S/C19H23ClN4O2S/c1-4-23(5-2)15-8-6-14(7-9-15)13-22(3)19(27)21-18-12-16(24(25)26)10-11-17(18)20/h6-12H,4-5,13H2,1-3H3,(H,21,27). The van der Waals surface area contributed by atoms with Gasteiger partial charge in [-0.3, -0.25) is 10.1 Å². The lowest BCUT2D eigenvalue weighted by atomic mass is 10.2. The quantitative estimate of drug-likeness (QED) is 0.400. The normalized spacial score (nSPS) is 10.4. The summed E-state index contributed by atoms with van der Waals surface area (Å²) in [5.74, 6) is 0. The molecule has 1 N–H and O–H groups in total. The van der Waals surface area contributed by atoms with Crippen molar-refractivity contribution < 1.29 is 4.92 Å². The van der Waals surface area contributed by atoms with Crippen molar-refractivity contribution >= 4 is 46.0 Å². The number of anilines is 2. The van der Waals surface area contributed by atoms with E-state index < -0.39 is 4.92 Å². The average Bonchev–Trinajstić information content (AvgIpc) is 2.65. The lowest BCUT2D eigenvalue weighted by Crippen LogP contribution is -2.30. The van der Waals surface area contributed by atoms with Gasteiger partial charge in [-0.25, -0.2) is 0 Å². The fourth-order valence-corrected chi connectivity index (χ4v) is 3.02. The monoisotopic (exact) mass is 406 g/mol. The first-order chi connectivity index (χ1) is 12.8. The number of rotatable bonds is 7. The summed E-state index contributed by atoms with van der Waals surface area (Å²) in [4.78, 5) is 14.6. The zero-order valence-electron chi connectivity index (χ0n) is 15.6. The zero-order chi connectivity index (χ0) is 20.0. The molecule has 0 fully saturated rings. The first-order valence-corrected chi connectivity index (χ1v) is 9.44. The summed E-state index contributed by atoms with van der Waals surface area (Å²) in [6.45, 7) is 6.81. The van der Waals surface area contributed by atoms with Crippen molar-refractivity contribution in [3.05, 3.63) is 63.2 Å². The molecule has 0 bridgehead atoms. The minimum absolute atomic E-state index is 0.0423. The highest BCUT2D eigenvalue weighted by Crippen LogP contribution is 2.27. The van der Waals surface area contributed by atoms with Gasteiger partial charge in [0.1, 0.15) is 0 Å². The Morgan fingerprint density at radius 3 is 2.37 bits per heavy atom. The summed E-state index contributed by atoms with van der Waals surface area (Å²) in [5, 5.41) is 14.7. The molecule has 0 heterocycles. The third-order valence-corrected chi connectivity index (χ3v) is 4.98. The van der Waals surface area contributed by atoms with Gasteiger partial charge >= 0.3 is 0 Å². The van der Waals surface area contributed by atoms with Crippen LogP contribution in [0.3, 0.4) is 0 Å². The Kier molecular flexibility index (Phi) is 7.38. The SMILES string of the molecule is CCN(CC)c1ccc(CN(C)C(=S)Nc2cc([N+](=O)[O-])ccc2Cl)cc1. The molecule has 27 heavy (non-hydrogen) atoms. The summed E-state index contributed by atoms with van der Waals surface area (Å²) in [5.41, 5.74) is 2.68. The van der Waals surface area contributed by atoms with Crippen molar-refractivity contribution in [3.8, 4) is 0 Å². The van der Waals surface area contributed by atoms with Crippen molar-refractivity contribution in [2.45, 2.75) is 20.4 Å². The van der Waals surface area contributed by atoms with Gasteiger partial charge in [0, 0.05) is 44.5 Å². The minimum Gasteiger partial charge on any atom is -0.372 e. The van der Waals surface area contributed by atoms with Gasteiger partial charge in [0.05, 0.1) is 15.6 Å². The Bertz CT molecular complexity index is 810. The third-order valence-electron chi connectivity index (χ3n) is 4.23. The number of hydrogen-bond donors (Lipinski definition) is 1. The highest BCUT2D eigenvalue weighted by molar-refractivity contribution is 7.80. The molecule has 0 aliphatic rings. The van der Waals surface area contributed by atoms with Crippen molar-refractivity contribution in [2.75, 3.05) is 30.4 Å². The Labute approximate surface area is 169 Å². The lowest BCUT2D eigenvalue weighted by molar-refractivity contribution is -0.384. The molecular formula is C19H23ClN4O2S. The number of nitrogens with one attached hydrogen (secondary N) is 1. The van der Waals surface area contributed by atoms with E-state index in [-0.39, 0.29) is 5.69 Å². The molecule has 0 spiro atoms. The second-order valence-corrected chi connectivity index (χ2v) is 6.84. The summed E-state index contributed by atoms with van der Waals surface area (Å²) < 4.78 is 0. The molecule has 0 aromatic heterocycles. The largest absolute Gasteiger partial charge is 0.372 e. The summed E-state index contributed by atoms with van der Waals surface area (Å²) in [6.07, 6.45) is 0. The van der Waals surface area contributed by atoms with Crippen LogP contribution in [-0.2, 0) is 6.54 Å². The number of halogens is 1. The number of benzene rings is 2. The molecule has 8 heteroatoms. The van der Waals surface area contributed by atoms with Crippen LogP contribution < -0.4 is 10.2 Å². The van der Waals surface area contributed by atoms with Gasteiger partial charge in [0.15, 0.2) is 5.11 Å². The van der Waals surface area contributed by atoms with Crippen LogP contribution in [0.2, 0.25) is 5.02 Å². The molecule has 144 valence electrons. The summed E-state index contributed by atoms with van der Waals surface area (Å²) in [6, 6.07) is 12.6. The van der Waals surface area contributed by atoms with E-state index in [0.29, 0.717) is 22.4 Å². The van der Waals surface area contributed by atoms with Gasteiger partial charge in [0.25, 0.3) is 5.69 Å². The topological polar surface area (TPSA) is 61.6 Å². The smallest absolute Gasteiger partial charge is 0.271 e. The molecule has 0 aliphatic heterocycles. The van der Waals surface area contributed by atoms with Crippen LogP contribution in [0.4, 0.5) is 17.1 Å². The molecule has 0 aliphatic carbocycles. The average molecular weight is 407 g/mol. The van der Waals surface area contributed by atoms with E-state index in [2.05, 4.69) is 48.3 Å². The lowest BCUT2D eigenvalue weighted by Gasteiger charge is -2.23. The van der Waals surface area contributed by atoms with E-state index in [1.165, 1.54) is 23.9 Å². The van der Waals surface area contributed by atoms with Gasteiger partial charge in [-0.15, -0.1) is 0 Å². The molecule has 0 atom stereocenters. The van der Waals surface area contributed by atoms with Crippen molar-refractivity contribution in [1.29, 1.82) is 0 Å². The Morgan fingerprint density at radius 2 is 1.81 bits per heavy atom. The van der Waals surface area contributed by atoms with Crippen LogP contribution in [0.5, 0.6) is 0 Å². The molecule has 0 unspecified atom stereocenters. The van der Waals surface area contributed by atoms with Gasteiger partial charge in [-0.05, 0) is 49.8 Å². The van der Waals surface area contributed by atoms with Crippen molar-refractivity contribution in [1.82, 2.24) is 4.90 Å². The first kappa shape index (κ1) is 20.9. The fraction of sp³-hybridized carbons (Fsp3) is 0.316. The Hall–Kier alpha value is -2.38. The van der Waals surface area contributed by atoms with Crippen LogP contribution in [-0.4, -0.2) is 35.1 Å². The molecule has 2 aromatic rings. The van der Waals surface area contributed by atoms with Crippen LogP contribution >= 0.6 is 23.8 Å². The number of thiocarbonyl (C=S) groups is 1. The molecule has 2 aromatic carbocycles. The predicted octanol–water partition coefficient (Wildman–Crippen LogP) is 4.92. The maximum absolute atomic E-state index is 10.9. The maximum Gasteiger partial charge on any atom is 0.271 e. The third kappa shape index (κ3) is 5.55. The van der Waals surface area contributed by atoms with E-state index in [1.807, 2.05) is 11.9 Å². The minimum atomic E-state index is -0.467. The predicted molar refractivity (Wildman–Crippen MR) is 116 cm³/mol. The number of nitrogens with zero attached hydrogens (tertiary/aromatic N) is 3. The van der Waals surface area contributed by atoms with Crippen molar-refractivity contribution in [2.24, 2.45) is 0 Å². The number of nitro groups is 1. The highest BCUT2D eigenvalue weighted by Gasteiger charge is 2.13. The maximum atomic E-state index is 10.9. The number of non-ortho nitro benzene ring substituents is 1. The van der Waals surface area contributed by atoms with E-state index in [4.69, 9.17) is 23.8 Å². The number of hydrogen-bond acceptors (Lipinski definition) is 4. The van der Waals surface area contributed by atoms with Crippen molar-refractivity contribution in [3.63, 3.8) is 0 Å². The van der Waals surface area contributed by atoms with Crippen LogP contribution in [0, 0.1) is 10.1 Å². The molecular weight excluding hydrogens is 384 g/mol. The van der Waals surface area contributed by atoms with Gasteiger partial charge in [-0.2, -0.15) is 0 Å². The molecule has 0 amide bonds. The molecule has 6 nitrogen and oxygen atoms in total. The van der Waals surface area contributed by atoms with Gasteiger partial charge in [0.2, 0.25) is 0 Å². The van der Waals surface area contributed by atoms with Gasteiger partial charge in [-0.1, -0.05) is 23.7 Å². The Morgan fingerprint density at radius 1 is 1.19 bits per heavy atom. The van der Waals surface area contributed by atoms with Crippen LogP contribution in [0.15, 0.2) is 42.5 Å². The summed E-state index contributed by atoms with van der Waals surface area (Å²) >= 11 is 11.5. The molecule has 0 saturated heterocycles.